The molecular formula is C61H44N2O. The molecule has 8 aromatic carbocycles. The van der Waals surface area contributed by atoms with Gasteiger partial charge >= 0.3 is 0 Å². The SMILES string of the molecule is CC=C1/C(=C\C=C\c2cc3c4ccccc4c(=O)n4c5c6c(ccc5c(c2)c34)C2(c3ccccc3-c3ccccc32)c2ccccc2-6)N(c2ccccc2)c2c(C)cccc2C1(C)C. The first-order chi connectivity index (χ1) is 31.3. The Labute approximate surface area is 372 Å². The summed E-state index contributed by atoms with van der Waals surface area (Å²) in [4.78, 5) is 17.6. The van der Waals surface area contributed by atoms with Crippen LogP contribution in [0.25, 0.3) is 66.3 Å². The van der Waals surface area contributed by atoms with Crippen LogP contribution in [0.2, 0.25) is 0 Å². The minimum atomic E-state index is -0.504. The van der Waals surface area contributed by atoms with Gasteiger partial charge in [0.25, 0.3) is 5.56 Å². The third-order valence-electron chi connectivity index (χ3n) is 14.8. The van der Waals surface area contributed by atoms with E-state index < -0.39 is 5.41 Å². The summed E-state index contributed by atoms with van der Waals surface area (Å²) in [5.74, 6) is 0. The fourth-order valence-electron chi connectivity index (χ4n) is 12.3. The van der Waals surface area contributed by atoms with Gasteiger partial charge in [0.2, 0.25) is 0 Å². The molecule has 3 heterocycles. The van der Waals surface area contributed by atoms with Crippen LogP contribution in [0.1, 0.15) is 59.7 Å². The lowest BCUT2D eigenvalue weighted by Crippen LogP contribution is -2.36. The summed E-state index contributed by atoms with van der Waals surface area (Å²) in [5.41, 5.74) is 19.7. The maximum atomic E-state index is 15.1. The first-order valence-corrected chi connectivity index (χ1v) is 22.4. The molecule has 64 heavy (non-hydrogen) atoms. The number of pyridine rings is 1. The van der Waals surface area contributed by atoms with Crippen LogP contribution in [0, 0.1) is 6.92 Å². The molecule has 3 heteroatoms. The molecule has 10 aromatic rings. The molecule has 3 aliphatic rings. The quantitative estimate of drug-likeness (QED) is 0.166. The number of nitrogens with zero attached hydrogens (tertiary/aromatic N) is 2. The number of aryl methyl sites for hydroxylation is 1. The van der Waals surface area contributed by atoms with Crippen LogP contribution < -0.4 is 10.5 Å². The van der Waals surface area contributed by atoms with Gasteiger partial charge in [0.1, 0.15) is 0 Å². The van der Waals surface area contributed by atoms with E-state index in [1.807, 2.05) is 12.1 Å². The van der Waals surface area contributed by atoms with Crippen molar-refractivity contribution in [3.63, 3.8) is 0 Å². The normalized spacial score (nSPS) is 16.7. The standard InChI is InChI=1S/C61H44N2O/c1-5-48-54(62(39-21-7-6-8-22-39)56-37(2)19-17-31-53(56)60(48,3)4)32-18-20-38-35-46-40-23-9-10-26-44(40)59(64)63-57(46)47(36-38)43-33-34-52-55(58(43)63)45-27-13-16-30-51(45)61(52)49-28-14-11-24-41(49)42-25-12-15-29-50(42)61/h5-36H,1-4H3/b20-18+,48-5?,54-32+. The van der Waals surface area contributed by atoms with E-state index in [0.29, 0.717) is 0 Å². The summed E-state index contributed by atoms with van der Waals surface area (Å²) in [6.45, 7) is 9.06. The molecule has 0 atom stereocenters. The van der Waals surface area contributed by atoms with Crippen LogP contribution in [-0.2, 0) is 10.8 Å². The van der Waals surface area contributed by atoms with Crippen LogP contribution in [-0.4, -0.2) is 4.40 Å². The van der Waals surface area contributed by atoms with Crippen molar-refractivity contribution < 1.29 is 0 Å². The van der Waals surface area contributed by atoms with Gasteiger partial charge in [0.05, 0.1) is 22.1 Å². The van der Waals surface area contributed by atoms with Crippen molar-refractivity contribution in [1.29, 1.82) is 0 Å². The molecule has 0 N–H and O–H groups in total. The smallest absolute Gasteiger partial charge is 0.263 e. The van der Waals surface area contributed by atoms with Gasteiger partial charge in [-0.15, -0.1) is 0 Å². The van der Waals surface area contributed by atoms with Gasteiger partial charge in [-0.25, -0.2) is 0 Å². The average molecular weight is 821 g/mol. The number of benzene rings is 8. The lowest BCUT2D eigenvalue weighted by molar-refractivity contribution is 0.611. The zero-order valence-corrected chi connectivity index (χ0v) is 36.3. The predicted octanol–water partition coefficient (Wildman–Crippen LogP) is 14.8. The van der Waals surface area contributed by atoms with Crippen molar-refractivity contribution in [2.24, 2.45) is 0 Å². The molecule has 1 spiro atoms. The highest BCUT2D eigenvalue weighted by atomic mass is 16.1. The van der Waals surface area contributed by atoms with Crippen LogP contribution in [0.5, 0.6) is 0 Å². The third-order valence-corrected chi connectivity index (χ3v) is 14.8. The molecule has 0 saturated carbocycles. The van der Waals surface area contributed by atoms with Crippen molar-refractivity contribution in [2.45, 2.75) is 38.5 Å². The number of anilines is 2. The van der Waals surface area contributed by atoms with Crippen molar-refractivity contribution in [2.75, 3.05) is 4.90 Å². The topological polar surface area (TPSA) is 24.7 Å². The Morgan fingerprint density at radius 3 is 1.83 bits per heavy atom. The second-order valence-electron chi connectivity index (χ2n) is 18.3. The number of rotatable bonds is 3. The van der Waals surface area contributed by atoms with E-state index in [2.05, 4.69) is 219 Å². The second-order valence-corrected chi connectivity index (χ2v) is 18.3. The van der Waals surface area contributed by atoms with Crippen molar-refractivity contribution in [3.05, 3.63) is 249 Å². The van der Waals surface area contributed by atoms with Gasteiger partial charge in [-0.3, -0.25) is 9.20 Å². The number of fused-ring (bicyclic) bond motifs is 17. The van der Waals surface area contributed by atoms with Crippen LogP contribution >= 0.6 is 0 Å². The van der Waals surface area contributed by atoms with Crippen molar-refractivity contribution in [1.82, 2.24) is 4.40 Å². The summed E-state index contributed by atoms with van der Waals surface area (Å²) in [5, 5.41) is 4.94. The summed E-state index contributed by atoms with van der Waals surface area (Å²) in [6, 6.07) is 61.5. The molecule has 2 aliphatic carbocycles. The molecule has 0 unspecified atom stereocenters. The molecule has 0 fully saturated rings. The molecule has 1 aliphatic heterocycles. The van der Waals surface area contributed by atoms with E-state index in [4.69, 9.17) is 0 Å². The molecular weight excluding hydrogens is 777 g/mol. The summed E-state index contributed by atoms with van der Waals surface area (Å²) in [7, 11) is 0. The van der Waals surface area contributed by atoms with Crippen LogP contribution in [0.15, 0.2) is 204 Å². The highest BCUT2D eigenvalue weighted by Crippen LogP contribution is 2.64. The van der Waals surface area contributed by atoms with Crippen molar-refractivity contribution in [3.8, 4) is 22.3 Å². The summed E-state index contributed by atoms with van der Waals surface area (Å²) >= 11 is 0. The fourth-order valence-corrected chi connectivity index (χ4v) is 12.3. The predicted molar refractivity (Wildman–Crippen MR) is 267 cm³/mol. The van der Waals surface area contributed by atoms with E-state index in [9.17, 15) is 0 Å². The Morgan fingerprint density at radius 1 is 0.531 bits per heavy atom. The molecule has 0 radical (unpaired) electrons. The van der Waals surface area contributed by atoms with E-state index in [0.717, 1.165) is 60.5 Å². The van der Waals surface area contributed by atoms with Crippen LogP contribution in [0.4, 0.5) is 11.4 Å². The minimum Gasteiger partial charge on any atom is -0.310 e. The Hall–Kier alpha value is -7.75. The first-order valence-electron chi connectivity index (χ1n) is 22.4. The van der Waals surface area contributed by atoms with E-state index in [-0.39, 0.29) is 11.0 Å². The lowest BCUT2D eigenvalue weighted by Gasteiger charge is -2.45. The number of allylic oxidation sites excluding steroid dienone is 4. The third kappa shape index (κ3) is 4.58. The van der Waals surface area contributed by atoms with Crippen molar-refractivity contribution >= 4 is 55.4 Å². The summed E-state index contributed by atoms with van der Waals surface area (Å²) in [6.07, 6.45) is 9.03. The van der Waals surface area contributed by atoms with E-state index in [1.54, 1.807) is 0 Å². The van der Waals surface area contributed by atoms with Gasteiger partial charge in [-0.05, 0) is 117 Å². The molecule has 0 saturated heterocycles. The zero-order valence-electron chi connectivity index (χ0n) is 36.3. The highest BCUT2D eigenvalue weighted by molar-refractivity contribution is 6.24. The largest absolute Gasteiger partial charge is 0.310 e. The fraction of sp³-hybridized carbons (Fsp3) is 0.0984. The Kier molecular flexibility index (Phi) is 7.57. The Morgan fingerprint density at radius 2 is 1.12 bits per heavy atom. The maximum Gasteiger partial charge on any atom is 0.263 e. The number of aromatic nitrogens is 1. The van der Waals surface area contributed by atoms with Crippen LogP contribution in [0.3, 0.4) is 0 Å². The molecule has 0 bridgehead atoms. The monoisotopic (exact) mass is 820 g/mol. The Balaban J connectivity index is 1.08. The van der Waals surface area contributed by atoms with Gasteiger partial charge in [0.15, 0.2) is 0 Å². The van der Waals surface area contributed by atoms with Gasteiger partial charge < -0.3 is 4.90 Å². The van der Waals surface area contributed by atoms with E-state index >= 15 is 4.79 Å². The number of para-hydroxylation sites is 2. The van der Waals surface area contributed by atoms with E-state index in [1.165, 1.54) is 61.3 Å². The lowest BCUT2D eigenvalue weighted by atomic mass is 9.70. The van der Waals surface area contributed by atoms with Gasteiger partial charge in [-0.2, -0.15) is 0 Å². The molecule has 0 amide bonds. The molecule has 2 aromatic heterocycles. The molecule has 13 rings (SSSR count). The number of hydrogen-bond acceptors (Lipinski definition) is 2. The van der Waals surface area contributed by atoms with Gasteiger partial charge in [-0.1, -0.05) is 172 Å². The maximum absolute atomic E-state index is 15.1. The second kappa shape index (κ2) is 13.1. The first kappa shape index (κ1) is 36.9. The molecule has 3 nitrogen and oxygen atoms in total. The highest BCUT2D eigenvalue weighted by Gasteiger charge is 2.52. The molecule has 304 valence electrons. The van der Waals surface area contributed by atoms with Gasteiger partial charge in [0, 0.05) is 43.9 Å². The zero-order chi connectivity index (χ0) is 43.1. The average Bonchev–Trinajstić information content (AvgIpc) is 3.93. The number of hydrogen-bond donors (Lipinski definition) is 0. The minimum absolute atomic E-state index is 0.0190. The summed E-state index contributed by atoms with van der Waals surface area (Å²) < 4.78 is 2.05. The Bertz CT molecular complexity index is 3760.